The summed E-state index contributed by atoms with van der Waals surface area (Å²) in [4.78, 5) is 0. The Hall–Kier alpha value is -1.13. The number of benzene rings is 1. The van der Waals surface area contributed by atoms with E-state index in [1.165, 1.54) is 18.2 Å². The van der Waals surface area contributed by atoms with E-state index in [1.807, 2.05) is 6.92 Å². The fourth-order valence-electron chi connectivity index (χ4n) is 1.72. The van der Waals surface area contributed by atoms with E-state index in [1.54, 1.807) is 0 Å². The highest BCUT2D eigenvalue weighted by atomic mass is 19.1. The second-order valence-electron chi connectivity index (χ2n) is 4.34. The summed E-state index contributed by atoms with van der Waals surface area (Å²) in [6, 6.07) is 3.92. The number of phenols is 1. The average Bonchev–Trinajstić information content (AvgIpc) is 2.36. The Bertz CT molecular complexity index is 358. The summed E-state index contributed by atoms with van der Waals surface area (Å²) < 4.78 is 18.4. The summed E-state index contributed by atoms with van der Waals surface area (Å²) in [6.45, 7) is 6.28. The second kappa shape index (κ2) is 8.06. The van der Waals surface area contributed by atoms with Crippen LogP contribution in [0.3, 0.4) is 0 Å². The van der Waals surface area contributed by atoms with E-state index >= 15 is 0 Å². The van der Waals surface area contributed by atoms with Crippen molar-refractivity contribution in [2.75, 3.05) is 19.8 Å². The van der Waals surface area contributed by atoms with Gasteiger partial charge in [-0.2, -0.15) is 0 Å². The minimum atomic E-state index is -0.331. The van der Waals surface area contributed by atoms with Crippen LogP contribution in [0.5, 0.6) is 5.75 Å². The molecule has 0 saturated carbocycles. The standard InChI is InChI=1S/C14H22FNO2/c1-3-8-18-9-4-7-16-11(2)13-10-12(15)5-6-14(13)17/h5-6,10-11,16-17H,3-4,7-9H2,1-2H3. The molecule has 0 aliphatic heterocycles. The van der Waals surface area contributed by atoms with Gasteiger partial charge in [-0.25, -0.2) is 4.39 Å². The van der Waals surface area contributed by atoms with Crippen LogP contribution in [0.2, 0.25) is 0 Å². The zero-order chi connectivity index (χ0) is 13.4. The molecule has 0 heterocycles. The van der Waals surface area contributed by atoms with Crippen molar-refractivity contribution in [2.45, 2.75) is 32.7 Å². The molecule has 1 aromatic carbocycles. The van der Waals surface area contributed by atoms with Gasteiger partial charge in [0.15, 0.2) is 0 Å². The molecule has 1 rings (SSSR count). The topological polar surface area (TPSA) is 41.5 Å². The normalized spacial score (nSPS) is 12.6. The molecule has 102 valence electrons. The summed E-state index contributed by atoms with van der Waals surface area (Å²) in [5.74, 6) is -0.207. The Morgan fingerprint density at radius 3 is 2.89 bits per heavy atom. The number of rotatable bonds is 8. The summed E-state index contributed by atoms with van der Waals surface area (Å²) in [5, 5.41) is 12.9. The smallest absolute Gasteiger partial charge is 0.123 e. The lowest BCUT2D eigenvalue weighted by Crippen LogP contribution is -2.21. The van der Waals surface area contributed by atoms with E-state index in [2.05, 4.69) is 12.2 Å². The van der Waals surface area contributed by atoms with Crippen LogP contribution < -0.4 is 5.32 Å². The Balaban J connectivity index is 2.31. The number of hydrogen-bond donors (Lipinski definition) is 2. The fourth-order valence-corrected chi connectivity index (χ4v) is 1.72. The highest BCUT2D eigenvalue weighted by Gasteiger charge is 2.10. The molecule has 0 aliphatic carbocycles. The zero-order valence-electron chi connectivity index (χ0n) is 11.1. The van der Waals surface area contributed by atoms with Crippen molar-refractivity contribution in [1.82, 2.24) is 5.32 Å². The molecule has 2 N–H and O–H groups in total. The Labute approximate surface area is 108 Å². The number of nitrogens with one attached hydrogen (secondary N) is 1. The van der Waals surface area contributed by atoms with Gasteiger partial charge in [-0.1, -0.05) is 6.92 Å². The molecule has 0 radical (unpaired) electrons. The Kier molecular flexibility index (Phi) is 6.68. The van der Waals surface area contributed by atoms with Crippen molar-refractivity contribution in [2.24, 2.45) is 0 Å². The molecule has 0 spiro atoms. The van der Waals surface area contributed by atoms with Crippen molar-refractivity contribution in [3.05, 3.63) is 29.6 Å². The van der Waals surface area contributed by atoms with E-state index in [4.69, 9.17) is 4.74 Å². The summed E-state index contributed by atoms with van der Waals surface area (Å²) in [7, 11) is 0. The molecule has 1 aromatic rings. The fraction of sp³-hybridized carbons (Fsp3) is 0.571. The van der Waals surface area contributed by atoms with Gasteiger partial charge in [0.25, 0.3) is 0 Å². The maximum atomic E-state index is 13.1. The lowest BCUT2D eigenvalue weighted by atomic mass is 10.1. The summed E-state index contributed by atoms with van der Waals surface area (Å²) in [6.07, 6.45) is 1.93. The zero-order valence-corrected chi connectivity index (χ0v) is 11.1. The monoisotopic (exact) mass is 255 g/mol. The number of halogens is 1. The second-order valence-corrected chi connectivity index (χ2v) is 4.34. The van der Waals surface area contributed by atoms with Gasteiger partial charge < -0.3 is 15.2 Å². The molecule has 1 unspecified atom stereocenters. The van der Waals surface area contributed by atoms with Gasteiger partial charge in [-0.05, 0) is 44.5 Å². The van der Waals surface area contributed by atoms with E-state index in [-0.39, 0.29) is 17.6 Å². The number of phenolic OH excluding ortho intramolecular Hbond substituents is 1. The Morgan fingerprint density at radius 2 is 2.17 bits per heavy atom. The molecule has 4 heteroatoms. The van der Waals surface area contributed by atoms with E-state index in [0.29, 0.717) is 5.56 Å². The molecule has 0 fully saturated rings. The van der Waals surface area contributed by atoms with Gasteiger partial charge in [0.2, 0.25) is 0 Å². The van der Waals surface area contributed by atoms with Gasteiger partial charge in [-0.15, -0.1) is 0 Å². The first-order valence-electron chi connectivity index (χ1n) is 6.44. The summed E-state index contributed by atoms with van der Waals surface area (Å²) >= 11 is 0. The Morgan fingerprint density at radius 1 is 1.39 bits per heavy atom. The maximum Gasteiger partial charge on any atom is 0.123 e. The molecule has 0 aromatic heterocycles. The first kappa shape index (κ1) is 14.9. The van der Waals surface area contributed by atoms with Gasteiger partial charge in [0.1, 0.15) is 11.6 Å². The minimum Gasteiger partial charge on any atom is -0.508 e. The molecule has 0 bridgehead atoms. The molecule has 1 atom stereocenters. The third-order valence-electron chi connectivity index (χ3n) is 2.72. The predicted molar refractivity (Wildman–Crippen MR) is 70.2 cm³/mol. The van der Waals surface area contributed by atoms with Gasteiger partial charge in [0, 0.05) is 24.8 Å². The van der Waals surface area contributed by atoms with Crippen molar-refractivity contribution in [3.8, 4) is 5.75 Å². The van der Waals surface area contributed by atoms with Crippen molar-refractivity contribution < 1.29 is 14.2 Å². The van der Waals surface area contributed by atoms with Crippen LogP contribution in [0.1, 0.15) is 38.3 Å². The van der Waals surface area contributed by atoms with E-state index in [9.17, 15) is 9.50 Å². The lowest BCUT2D eigenvalue weighted by Gasteiger charge is -2.15. The highest BCUT2D eigenvalue weighted by Crippen LogP contribution is 2.24. The van der Waals surface area contributed by atoms with Gasteiger partial charge in [0.05, 0.1) is 0 Å². The molecule has 0 saturated heterocycles. The van der Waals surface area contributed by atoms with Crippen LogP contribution in [-0.2, 0) is 4.74 Å². The summed E-state index contributed by atoms with van der Waals surface area (Å²) in [5.41, 5.74) is 0.587. The number of hydrogen-bond acceptors (Lipinski definition) is 3. The number of ether oxygens (including phenoxy) is 1. The molecule has 18 heavy (non-hydrogen) atoms. The first-order chi connectivity index (χ1) is 8.65. The van der Waals surface area contributed by atoms with Crippen LogP contribution in [0.25, 0.3) is 0 Å². The average molecular weight is 255 g/mol. The third kappa shape index (κ3) is 5.02. The third-order valence-corrected chi connectivity index (χ3v) is 2.72. The van der Waals surface area contributed by atoms with Crippen LogP contribution in [0.15, 0.2) is 18.2 Å². The highest BCUT2D eigenvalue weighted by molar-refractivity contribution is 5.34. The van der Waals surface area contributed by atoms with Gasteiger partial charge in [-0.3, -0.25) is 0 Å². The molecular weight excluding hydrogens is 233 g/mol. The molecular formula is C14H22FNO2. The van der Waals surface area contributed by atoms with E-state index < -0.39 is 0 Å². The quantitative estimate of drug-likeness (QED) is 0.702. The maximum absolute atomic E-state index is 13.1. The molecule has 0 aliphatic rings. The first-order valence-corrected chi connectivity index (χ1v) is 6.44. The van der Waals surface area contributed by atoms with Crippen LogP contribution in [-0.4, -0.2) is 24.9 Å². The molecule has 0 amide bonds. The lowest BCUT2D eigenvalue weighted by molar-refractivity contribution is 0.131. The minimum absolute atomic E-state index is 0.0770. The van der Waals surface area contributed by atoms with Crippen molar-refractivity contribution >= 4 is 0 Å². The molecule has 3 nitrogen and oxygen atoms in total. The van der Waals surface area contributed by atoms with Gasteiger partial charge >= 0.3 is 0 Å². The van der Waals surface area contributed by atoms with Crippen LogP contribution >= 0.6 is 0 Å². The van der Waals surface area contributed by atoms with E-state index in [0.717, 1.165) is 32.6 Å². The van der Waals surface area contributed by atoms with Crippen molar-refractivity contribution in [3.63, 3.8) is 0 Å². The van der Waals surface area contributed by atoms with Crippen molar-refractivity contribution in [1.29, 1.82) is 0 Å². The van der Waals surface area contributed by atoms with Crippen LogP contribution in [0.4, 0.5) is 4.39 Å². The van der Waals surface area contributed by atoms with Crippen LogP contribution in [0, 0.1) is 5.82 Å². The number of aromatic hydroxyl groups is 1. The largest absolute Gasteiger partial charge is 0.508 e. The predicted octanol–water partition coefficient (Wildman–Crippen LogP) is 3.00. The SMILES string of the molecule is CCCOCCCNC(C)c1cc(F)ccc1O.